The number of nitrogens with one attached hydrogen (secondary N) is 1. The van der Waals surface area contributed by atoms with Crippen LogP contribution in [0.5, 0.6) is 11.5 Å². The van der Waals surface area contributed by atoms with Gasteiger partial charge >= 0.3 is 16.8 Å². The van der Waals surface area contributed by atoms with Crippen molar-refractivity contribution in [3.63, 3.8) is 0 Å². The number of nitrogen functional groups attached to an aromatic ring is 1. The molecule has 0 saturated carbocycles. The van der Waals surface area contributed by atoms with Crippen LogP contribution in [0.25, 0.3) is 27.3 Å². The molecular formula is C32H21CoN8O6. The maximum Gasteiger partial charge on any atom is 3.00 e. The van der Waals surface area contributed by atoms with Crippen molar-refractivity contribution in [1.82, 2.24) is 0 Å². The molecular weight excluding hydrogens is 651 g/mol. The second-order valence-electron chi connectivity index (χ2n) is 9.63. The van der Waals surface area contributed by atoms with Gasteiger partial charge in [0, 0.05) is 35.0 Å². The van der Waals surface area contributed by atoms with Crippen LogP contribution in [0.1, 0.15) is 0 Å². The van der Waals surface area contributed by atoms with Crippen molar-refractivity contribution in [3.8, 4) is 11.5 Å². The Hall–Kier alpha value is -6.45. The molecule has 6 aromatic rings. The molecule has 234 valence electrons. The maximum atomic E-state index is 11.8. The fourth-order valence-electron chi connectivity index (χ4n) is 4.35. The molecule has 0 atom stereocenters. The molecule has 14 nitrogen and oxygen atoms in total. The van der Waals surface area contributed by atoms with Crippen molar-refractivity contribution in [3.05, 3.63) is 135 Å². The van der Waals surface area contributed by atoms with Crippen LogP contribution in [0, 0.1) is 20.2 Å². The number of nitro benzene ring substituents is 2. The third-order valence-electron chi connectivity index (χ3n) is 6.66. The molecule has 0 spiro atoms. The fourth-order valence-corrected chi connectivity index (χ4v) is 4.35. The molecule has 0 aliphatic carbocycles. The van der Waals surface area contributed by atoms with Crippen LogP contribution in [0.4, 0.5) is 45.5 Å². The van der Waals surface area contributed by atoms with Gasteiger partial charge in [-0.2, -0.15) is 15.3 Å². The van der Waals surface area contributed by atoms with Crippen molar-refractivity contribution in [2.75, 3.05) is 5.73 Å². The number of fused-ring (bicyclic) bond motifs is 2. The van der Waals surface area contributed by atoms with Gasteiger partial charge < -0.3 is 21.7 Å². The van der Waals surface area contributed by atoms with Gasteiger partial charge in [-0.05, 0) is 29.0 Å². The average molecular weight is 673 g/mol. The standard InChI is InChI=1S/C16H12N4O3.C16H11N4O3.Co/c2*17-13-7-5-10-3-1-2-4-12(10)16(13)19-18-14-8-6-11(20(22)23)9-15(14)21;/h1-9,21H,17H2;1-9H,(H2-,17,18,19,21);/q;-1;+3/p-2. The Kier molecular flexibility index (Phi) is 10.4. The van der Waals surface area contributed by atoms with E-state index in [9.17, 15) is 30.4 Å². The van der Waals surface area contributed by atoms with Crippen LogP contribution in [0.3, 0.4) is 0 Å². The first-order chi connectivity index (χ1) is 22.1. The smallest absolute Gasteiger partial charge is 0.871 e. The molecule has 47 heavy (non-hydrogen) atoms. The monoisotopic (exact) mass is 672 g/mol. The maximum absolute atomic E-state index is 11.8. The van der Waals surface area contributed by atoms with Crippen molar-refractivity contribution in [2.24, 2.45) is 20.5 Å². The second kappa shape index (κ2) is 14.6. The molecule has 6 rings (SSSR count). The summed E-state index contributed by atoms with van der Waals surface area (Å²) in [7, 11) is 0. The first kappa shape index (κ1) is 33.4. The number of azo groups is 2. The van der Waals surface area contributed by atoms with Crippen molar-refractivity contribution >= 4 is 67.0 Å². The molecule has 0 radical (unpaired) electrons. The summed E-state index contributed by atoms with van der Waals surface area (Å²) in [4.78, 5) is 20.0. The zero-order valence-corrected chi connectivity index (χ0v) is 25.0. The van der Waals surface area contributed by atoms with E-state index in [1.165, 1.54) is 24.3 Å². The summed E-state index contributed by atoms with van der Waals surface area (Å²) in [6, 6.07) is 28.7. The van der Waals surface area contributed by atoms with Crippen molar-refractivity contribution in [1.29, 1.82) is 0 Å². The predicted octanol–water partition coefficient (Wildman–Crippen LogP) is 8.74. The zero-order valence-electron chi connectivity index (χ0n) is 23.9. The molecule has 0 aliphatic heterocycles. The summed E-state index contributed by atoms with van der Waals surface area (Å²) in [6.07, 6.45) is 0. The van der Waals surface area contributed by atoms with Gasteiger partial charge in [0.2, 0.25) is 0 Å². The number of non-ortho nitro benzene ring substituents is 2. The molecule has 15 heteroatoms. The summed E-state index contributed by atoms with van der Waals surface area (Å²) in [5.74, 6) is -1.16. The van der Waals surface area contributed by atoms with Crippen LogP contribution >= 0.6 is 0 Å². The Morgan fingerprint density at radius 1 is 0.574 bits per heavy atom. The molecule has 0 aromatic heterocycles. The van der Waals surface area contributed by atoms with Crippen LogP contribution in [-0.4, -0.2) is 9.85 Å². The van der Waals surface area contributed by atoms with E-state index >= 15 is 0 Å². The van der Waals surface area contributed by atoms with Gasteiger partial charge in [0.15, 0.2) is 0 Å². The van der Waals surface area contributed by atoms with E-state index < -0.39 is 21.3 Å². The summed E-state index contributed by atoms with van der Waals surface area (Å²) in [6.45, 7) is 0. The number of nitro groups is 2. The van der Waals surface area contributed by atoms with Gasteiger partial charge in [0.25, 0.3) is 11.4 Å². The van der Waals surface area contributed by atoms with Crippen LogP contribution in [0.15, 0.2) is 130 Å². The molecule has 0 bridgehead atoms. The van der Waals surface area contributed by atoms with E-state index in [2.05, 4.69) is 20.5 Å². The summed E-state index contributed by atoms with van der Waals surface area (Å²) >= 11 is 0. The molecule has 0 saturated heterocycles. The number of anilines is 1. The normalized spacial score (nSPS) is 10.9. The Balaban J connectivity index is 0.000000208. The zero-order chi connectivity index (χ0) is 32.8. The van der Waals surface area contributed by atoms with E-state index in [0.717, 1.165) is 33.7 Å². The van der Waals surface area contributed by atoms with Gasteiger partial charge in [-0.1, -0.05) is 78.2 Å². The first-order valence-electron chi connectivity index (χ1n) is 13.4. The fraction of sp³-hybridized carbons (Fsp3) is 0. The minimum atomic E-state index is -0.644. The summed E-state index contributed by atoms with van der Waals surface area (Å²) in [5, 5.41) is 64.1. The second-order valence-corrected chi connectivity index (χ2v) is 9.63. The van der Waals surface area contributed by atoms with Crippen LogP contribution in [-0.2, 0) is 16.8 Å². The van der Waals surface area contributed by atoms with Crippen molar-refractivity contribution in [2.45, 2.75) is 0 Å². The Bertz CT molecular complexity index is 2040. The van der Waals surface area contributed by atoms with Crippen LogP contribution in [0.2, 0.25) is 0 Å². The number of rotatable bonds is 6. The summed E-state index contributed by atoms with van der Waals surface area (Å²) < 4.78 is 0. The third kappa shape index (κ3) is 7.62. The summed E-state index contributed by atoms with van der Waals surface area (Å²) in [5.41, 5.74) is 14.7. The third-order valence-corrected chi connectivity index (χ3v) is 6.66. The topological polar surface area (TPSA) is 232 Å². The minimum Gasteiger partial charge on any atom is -0.871 e. The predicted molar refractivity (Wildman–Crippen MR) is 170 cm³/mol. The van der Waals surface area contributed by atoms with Gasteiger partial charge in [-0.25, -0.2) is 0 Å². The van der Waals surface area contributed by atoms with Crippen molar-refractivity contribution < 1.29 is 36.8 Å². The Morgan fingerprint density at radius 2 is 1.02 bits per heavy atom. The quantitative estimate of drug-likeness (QED) is 0.0781. The molecule has 6 aromatic carbocycles. The van der Waals surface area contributed by atoms with Gasteiger partial charge in [-0.3, -0.25) is 20.2 Å². The van der Waals surface area contributed by atoms with Crippen LogP contribution < -0.4 is 15.9 Å². The average Bonchev–Trinajstić information content (AvgIpc) is 3.05. The number of hydrogen-bond donors (Lipinski definition) is 1. The SMILES string of the molecule is Nc1ccc2ccccc2c1N=Nc1ccc([N+](=O)[O-])cc1[O-].[Co+3].[NH-]c1ccc2ccccc2c1N=Nc1ccc([N+](=O)[O-])cc1[O-]. The molecule has 0 amide bonds. The number of nitrogens with zero attached hydrogens (tertiary/aromatic N) is 6. The van der Waals surface area contributed by atoms with E-state index in [4.69, 9.17) is 11.5 Å². The van der Waals surface area contributed by atoms with Gasteiger partial charge in [0.05, 0.1) is 32.6 Å². The molecule has 0 heterocycles. The Morgan fingerprint density at radius 3 is 1.51 bits per heavy atom. The number of benzene rings is 6. The van der Waals surface area contributed by atoms with E-state index in [1.807, 2.05) is 60.7 Å². The molecule has 3 N–H and O–H groups in total. The Labute approximate surface area is 276 Å². The van der Waals surface area contributed by atoms with Gasteiger partial charge in [0.1, 0.15) is 5.69 Å². The molecule has 0 fully saturated rings. The first-order valence-corrected chi connectivity index (χ1v) is 13.4. The van der Waals surface area contributed by atoms with E-state index in [0.29, 0.717) is 17.1 Å². The molecule has 0 aliphatic rings. The van der Waals surface area contributed by atoms with E-state index in [1.54, 1.807) is 12.1 Å². The number of nitrogens with two attached hydrogens (primary N) is 1. The number of hydrogen-bond acceptors (Lipinski definition) is 11. The van der Waals surface area contributed by atoms with Gasteiger partial charge in [-0.15, -0.1) is 10.8 Å². The largest absolute Gasteiger partial charge is 3.00 e. The molecule has 0 unspecified atom stereocenters. The minimum absolute atomic E-state index is 0. The van der Waals surface area contributed by atoms with E-state index in [-0.39, 0.29) is 45.2 Å².